The largest absolute Gasteiger partial charge is 0.497 e. The van der Waals surface area contributed by atoms with E-state index in [0.717, 1.165) is 30.0 Å². The van der Waals surface area contributed by atoms with Crippen LogP contribution in [0, 0.1) is 0 Å². The fourth-order valence-corrected chi connectivity index (χ4v) is 2.87. The standard InChI is InChI=1S/C20H23NO2/c1-21(2)12-6-9-18-17-8-5-4-7-15(17)14-23-20-11-10-16(22-3)13-19(18)20/h4-5,7-11,13H,6,12,14H2,1-3H3/b18-9-. The number of benzene rings is 2. The van der Waals surface area contributed by atoms with Crippen LogP contribution in [0.25, 0.3) is 5.57 Å². The van der Waals surface area contributed by atoms with E-state index < -0.39 is 0 Å². The summed E-state index contributed by atoms with van der Waals surface area (Å²) in [5, 5.41) is 0. The lowest BCUT2D eigenvalue weighted by molar-refractivity contribution is 0.306. The maximum atomic E-state index is 6.03. The average molecular weight is 309 g/mol. The van der Waals surface area contributed by atoms with E-state index in [1.165, 1.54) is 16.7 Å². The zero-order chi connectivity index (χ0) is 16.2. The third kappa shape index (κ3) is 3.40. The third-order valence-electron chi connectivity index (χ3n) is 4.09. The van der Waals surface area contributed by atoms with Crippen molar-refractivity contribution >= 4 is 5.57 Å². The molecule has 0 atom stereocenters. The van der Waals surface area contributed by atoms with Crippen LogP contribution < -0.4 is 9.47 Å². The van der Waals surface area contributed by atoms with Gasteiger partial charge in [0, 0.05) is 12.1 Å². The van der Waals surface area contributed by atoms with E-state index in [1.54, 1.807) is 7.11 Å². The van der Waals surface area contributed by atoms with Crippen LogP contribution in [0.5, 0.6) is 11.5 Å². The Hall–Kier alpha value is -2.26. The molecule has 3 rings (SSSR count). The molecular formula is C20H23NO2. The molecule has 0 saturated heterocycles. The molecule has 120 valence electrons. The first kappa shape index (κ1) is 15.6. The monoisotopic (exact) mass is 309 g/mol. The number of ether oxygens (including phenoxy) is 2. The van der Waals surface area contributed by atoms with Crippen LogP contribution in [-0.2, 0) is 6.61 Å². The second-order valence-electron chi connectivity index (χ2n) is 6.02. The van der Waals surface area contributed by atoms with Gasteiger partial charge in [0.25, 0.3) is 0 Å². The quantitative estimate of drug-likeness (QED) is 0.853. The zero-order valence-electron chi connectivity index (χ0n) is 14.0. The minimum absolute atomic E-state index is 0.598. The van der Waals surface area contributed by atoms with Crippen LogP contribution in [0.1, 0.15) is 23.1 Å². The molecule has 1 heterocycles. The summed E-state index contributed by atoms with van der Waals surface area (Å²) >= 11 is 0. The molecule has 0 radical (unpaired) electrons. The Balaban J connectivity index is 2.10. The molecule has 0 unspecified atom stereocenters. The van der Waals surface area contributed by atoms with E-state index in [1.807, 2.05) is 12.1 Å². The smallest absolute Gasteiger partial charge is 0.127 e. The molecule has 2 aromatic rings. The fourth-order valence-electron chi connectivity index (χ4n) is 2.87. The molecule has 0 saturated carbocycles. The summed E-state index contributed by atoms with van der Waals surface area (Å²) in [5.41, 5.74) is 4.80. The highest BCUT2D eigenvalue weighted by Gasteiger charge is 2.19. The Morgan fingerprint density at radius 3 is 2.74 bits per heavy atom. The molecule has 0 amide bonds. The van der Waals surface area contributed by atoms with Crippen molar-refractivity contribution in [3.05, 3.63) is 65.2 Å². The molecule has 0 bridgehead atoms. The van der Waals surface area contributed by atoms with Gasteiger partial charge in [-0.15, -0.1) is 0 Å². The van der Waals surface area contributed by atoms with Crippen molar-refractivity contribution in [1.29, 1.82) is 0 Å². The van der Waals surface area contributed by atoms with Gasteiger partial charge in [0.2, 0.25) is 0 Å². The van der Waals surface area contributed by atoms with E-state index in [2.05, 4.69) is 55.4 Å². The predicted octanol–water partition coefficient (Wildman–Crippen LogP) is 3.97. The number of rotatable bonds is 4. The average Bonchev–Trinajstić information content (AvgIpc) is 2.71. The topological polar surface area (TPSA) is 21.7 Å². The number of nitrogens with zero attached hydrogens (tertiary/aromatic N) is 1. The van der Waals surface area contributed by atoms with Gasteiger partial charge in [0.1, 0.15) is 18.1 Å². The number of methoxy groups -OCH3 is 1. The number of hydrogen-bond acceptors (Lipinski definition) is 3. The van der Waals surface area contributed by atoms with Crippen LogP contribution in [0.4, 0.5) is 0 Å². The summed E-state index contributed by atoms with van der Waals surface area (Å²) in [6.45, 7) is 1.62. The SMILES string of the molecule is COc1ccc2c(c1)/C(=C\CCN(C)C)c1ccccc1CO2. The van der Waals surface area contributed by atoms with Gasteiger partial charge in [-0.2, -0.15) is 0 Å². The summed E-state index contributed by atoms with van der Waals surface area (Å²) in [6, 6.07) is 14.5. The molecular weight excluding hydrogens is 286 g/mol. The van der Waals surface area contributed by atoms with Crippen molar-refractivity contribution in [3.8, 4) is 11.5 Å². The maximum absolute atomic E-state index is 6.03. The van der Waals surface area contributed by atoms with E-state index in [0.29, 0.717) is 6.61 Å². The van der Waals surface area contributed by atoms with Gasteiger partial charge in [-0.1, -0.05) is 30.3 Å². The molecule has 3 heteroatoms. The van der Waals surface area contributed by atoms with Crippen LogP contribution in [0.15, 0.2) is 48.5 Å². The van der Waals surface area contributed by atoms with Crippen molar-refractivity contribution in [2.24, 2.45) is 0 Å². The minimum atomic E-state index is 0.598. The van der Waals surface area contributed by atoms with E-state index in [-0.39, 0.29) is 0 Å². The molecule has 3 nitrogen and oxygen atoms in total. The van der Waals surface area contributed by atoms with Gasteiger partial charge in [-0.3, -0.25) is 0 Å². The number of fused-ring (bicyclic) bond motifs is 2. The highest BCUT2D eigenvalue weighted by molar-refractivity contribution is 5.85. The molecule has 0 fully saturated rings. The Bertz CT molecular complexity index is 719. The lowest BCUT2D eigenvalue weighted by atomic mass is 9.93. The second kappa shape index (κ2) is 6.88. The van der Waals surface area contributed by atoms with Gasteiger partial charge >= 0.3 is 0 Å². The van der Waals surface area contributed by atoms with Gasteiger partial charge in [0.15, 0.2) is 0 Å². The van der Waals surface area contributed by atoms with Crippen molar-refractivity contribution in [3.63, 3.8) is 0 Å². The van der Waals surface area contributed by atoms with Crippen LogP contribution in [-0.4, -0.2) is 32.6 Å². The Kier molecular flexibility index (Phi) is 4.68. The summed E-state index contributed by atoms with van der Waals surface area (Å²) in [5.74, 6) is 1.77. The zero-order valence-corrected chi connectivity index (χ0v) is 14.0. The normalized spacial score (nSPS) is 14.9. The Morgan fingerprint density at radius 2 is 1.96 bits per heavy atom. The van der Waals surface area contributed by atoms with Crippen molar-refractivity contribution in [1.82, 2.24) is 4.90 Å². The van der Waals surface area contributed by atoms with Crippen LogP contribution in [0.3, 0.4) is 0 Å². The summed E-state index contributed by atoms with van der Waals surface area (Å²) in [4.78, 5) is 2.20. The van der Waals surface area contributed by atoms with Gasteiger partial charge in [-0.05, 0) is 55.4 Å². The summed E-state index contributed by atoms with van der Waals surface area (Å²) < 4.78 is 11.4. The Morgan fingerprint density at radius 1 is 1.13 bits per heavy atom. The van der Waals surface area contributed by atoms with Crippen LogP contribution >= 0.6 is 0 Å². The molecule has 1 aliphatic heterocycles. The second-order valence-corrected chi connectivity index (χ2v) is 6.02. The molecule has 0 aliphatic carbocycles. The van der Waals surface area contributed by atoms with E-state index in [9.17, 15) is 0 Å². The van der Waals surface area contributed by atoms with Gasteiger partial charge in [0.05, 0.1) is 7.11 Å². The Labute approximate surface area is 138 Å². The predicted molar refractivity (Wildman–Crippen MR) is 94.0 cm³/mol. The van der Waals surface area contributed by atoms with E-state index in [4.69, 9.17) is 9.47 Å². The molecule has 0 N–H and O–H groups in total. The first-order chi connectivity index (χ1) is 11.2. The third-order valence-corrected chi connectivity index (χ3v) is 4.09. The fraction of sp³-hybridized carbons (Fsp3) is 0.300. The van der Waals surface area contributed by atoms with E-state index >= 15 is 0 Å². The van der Waals surface area contributed by atoms with Crippen LogP contribution in [0.2, 0.25) is 0 Å². The lowest BCUT2D eigenvalue weighted by Gasteiger charge is -2.13. The minimum Gasteiger partial charge on any atom is -0.497 e. The molecule has 0 spiro atoms. The first-order valence-corrected chi connectivity index (χ1v) is 7.93. The van der Waals surface area contributed by atoms with Crippen molar-refractivity contribution < 1.29 is 9.47 Å². The lowest BCUT2D eigenvalue weighted by Crippen LogP contribution is -2.12. The first-order valence-electron chi connectivity index (χ1n) is 7.93. The molecule has 1 aliphatic rings. The van der Waals surface area contributed by atoms with Gasteiger partial charge < -0.3 is 14.4 Å². The highest BCUT2D eigenvalue weighted by Crippen LogP contribution is 2.38. The molecule has 23 heavy (non-hydrogen) atoms. The maximum Gasteiger partial charge on any atom is 0.127 e. The highest BCUT2D eigenvalue weighted by atomic mass is 16.5. The van der Waals surface area contributed by atoms with Crippen molar-refractivity contribution in [2.45, 2.75) is 13.0 Å². The molecule has 2 aromatic carbocycles. The van der Waals surface area contributed by atoms with Crippen molar-refractivity contribution in [2.75, 3.05) is 27.7 Å². The summed E-state index contributed by atoms with van der Waals surface area (Å²) in [7, 11) is 5.89. The summed E-state index contributed by atoms with van der Waals surface area (Å²) in [6.07, 6.45) is 3.30. The number of hydrogen-bond donors (Lipinski definition) is 0. The molecule has 0 aromatic heterocycles. The van der Waals surface area contributed by atoms with Gasteiger partial charge in [-0.25, -0.2) is 0 Å².